The summed E-state index contributed by atoms with van der Waals surface area (Å²) in [5, 5.41) is 7.20. The fraction of sp³-hybridized carbons (Fsp3) is 0.560. The van der Waals surface area contributed by atoms with Crippen LogP contribution in [0.3, 0.4) is 0 Å². The number of hydrogen-bond donors (Lipinski definition) is 2. The van der Waals surface area contributed by atoms with E-state index in [-0.39, 0.29) is 29.9 Å². The van der Waals surface area contributed by atoms with E-state index < -0.39 is 0 Å². The number of aromatic nitrogens is 1. The lowest BCUT2D eigenvalue weighted by atomic mass is 9.89. The van der Waals surface area contributed by atoms with E-state index in [2.05, 4.69) is 22.6 Å². The van der Waals surface area contributed by atoms with E-state index in [1.54, 1.807) is 0 Å². The molecule has 3 N–H and O–H groups in total. The van der Waals surface area contributed by atoms with Gasteiger partial charge in [0.25, 0.3) is 5.91 Å². The summed E-state index contributed by atoms with van der Waals surface area (Å²) >= 11 is 0. The van der Waals surface area contributed by atoms with Gasteiger partial charge in [0.05, 0.1) is 0 Å². The molecule has 1 heterocycles. The number of amides is 2. The zero-order valence-corrected chi connectivity index (χ0v) is 18.8. The average Bonchev–Trinajstić information content (AvgIpc) is 3.51. The van der Waals surface area contributed by atoms with Crippen LogP contribution < -0.4 is 11.1 Å². The van der Waals surface area contributed by atoms with Crippen LogP contribution in [0.25, 0.3) is 0 Å². The molecule has 2 aliphatic rings. The molecule has 0 aliphatic heterocycles. The summed E-state index contributed by atoms with van der Waals surface area (Å²) in [5.74, 6) is 1.21. The monoisotopic (exact) mass is 438 g/mol. The highest BCUT2D eigenvalue weighted by atomic mass is 16.5. The highest BCUT2D eigenvalue weighted by molar-refractivity contribution is 5.92. The summed E-state index contributed by atoms with van der Waals surface area (Å²) in [6.07, 6.45) is 6.79. The molecular weight excluding hydrogens is 404 g/mol. The maximum absolute atomic E-state index is 13.4. The molecule has 4 rings (SSSR count). The molecule has 2 saturated carbocycles. The Bertz CT molecular complexity index is 899. The van der Waals surface area contributed by atoms with Gasteiger partial charge >= 0.3 is 0 Å². The number of carbonyl (C=O) groups is 2. The van der Waals surface area contributed by atoms with Crippen LogP contribution in [0, 0.1) is 0 Å². The average molecular weight is 439 g/mol. The Balaban J connectivity index is 1.40. The van der Waals surface area contributed by atoms with E-state index in [1.807, 2.05) is 36.1 Å². The van der Waals surface area contributed by atoms with Crippen LogP contribution >= 0.6 is 0 Å². The second-order valence-electron chi connectivity index (χ2n) is 9.38. The molecular formula is C25H34N4O3. The number of carbonyl (C=O) groups excluding carboxylic acids is 2. The first-order valence-corrected chi connectivity index (χ1v) is 11.9. The SMILES string of the molecule is C[C@H](N)CC(=O)NC1CCC(N(CCc2ccccc2)C(=O)c2cc(C3CC3)on2)CC1. The number of hydrogen-bond acceptors (Lipinski definition) is 5. The third-order valence-electron chi connectivity index (χ3n) is 6.48. The molecule has 0 spiro atoms. The quantitative estimate of drug-likeness (QED) is 0.625. The summed E-state index contributed by atoms with van der Waals surface area (Å²) in [4.78, 5) is 27.5. The first-order valence-electron chi connectivity index (χ1n) is 11.9. The van der Waals surface area contributed by atoms with Crippen LogP contribution in [-0.4, -0.2) is 46.5 Å². The van der Waals surface area contributed by atoms with E-state index in [0.29, 0.717) is 24.6 Å². The fourth-order valence-electron chi connectivity index (χ4n) is 4.55. The van der Waals surface area contributed by atoms with Crippen molar-refractivity contribution in [1.29, 1.82) is 0 Å². The van der Waals surface area contributed by atoms with Gasteiger partial charge in [-0.25, -0.2) is 0 Å². The van der Waals surface area contributed by atoms with Crippen molar-refractivity contribution in [1.82, 2.24) is 15.4 Å². The molecule has 7 nitrogen and oxygen atoms in total. The molecule has 2 fully saturated rings. The van der Waals surface area contributed by atoms with Gasteiger partial charge in [0, 0.05) is 43.1 Å². The van der Waals surface area contributed by atoms with Gasteiger partial charge in [0.15, 0.2) is 5.69 Å². The molecule has 7 heteroatoms. The molecule has 1 aromatic heterocycles. The molecule has 0 unspecified atom stereocenters. The Morgan fingerprint density at radius 3 is 2.53 bits per heavy atom. The molecule has 2 aliphatic carbocycles. The number of benzene rings is 1. The molecule has 32 heavy (non-hydrogen) atoms. The third-order valence-corrected chi connectivity index (χ3v) is 6.48. The number of nitrogens with two attached hydrogens (primary N) is 1. The lowest BCUT2D eigenvalue weighted by Gasteiger charge is -2.37. The smallest absolute Gasteiger partial charge is 0.276 e. The first kappa shape index (κ1) is 22.5. The van der Waals surface area contributed by atoms with E-state index in [4.69, 9.17) is 10.3 Å². The van der Waals surface area contributed by atoms with Gasteiger partial charge in [-0.05, 0) is 57.4 Å². The van der Waals surface area contributed by atoms with E-state index in [0.717, 1.165) is 50.7 Å². The zero-order valence-electron chi connectivity index (χ0n) is 18.8. The maximum Gasteiger partial charge on any atom is 0.276 e. The van der Waals surface area contributed by atoms with Gasteiger partial charge in [-0.2, -0.15) is 0 Å². The van der Waals surface area contributed by atoms with Crippen LogP contribution in [-0.2, 0) is 11.2 Å². The largest absolute Gasteiger partial charge is 0.360 e. The van der Waals surface area contributed by atoms with Gasteiger partial charge in [-0.1, -0.05) is 35.5 Å². The summed E-state index contributed by atoms with van der Waals surface area (Å²) in [5.41, 5.74) is 7.35. The number of nitrogens with one attached hydrogen (secondary N) is 1. The van der Waals surface area contributed by atoms with Crippen molar-refractivity contribution < 1.29 is 14.1 Å². The third kappa shape index (κ3) is 5.97. The van der Waals surface area contributed by atoms with Crippen molar-refractivity contribution in [2.24, 2.45) is 5.73 Å². The van der Waals surface area contributed by atoms with E-state index in [1.165, 1.54) is 5.56 Å². The lowest BCUT2D eigenvalue weighted by molar-refractivity contribution is -0.122. The van der Waals surface area contributed by atoms with E-state index >= 15 is 0 Å². The molecule has 1 atom stereocenters. The van der Waals surface area contributed by atoms with Crippen molar-refractivity contribution in [3.8, 4) is 0 Å². The predicted molar refractivity (Wildman–Crippen MR) is 122 cm³/mol. The Kier molecular flexibility index (Phi) is 7.25. The van der Waals surface area contributed by atoms with Crippen molar-refractivity contribution in [3.63, 3.8) is 0 Å². The van der Waals surface area contributed by atoms with Crippen LogP contribution in [0.4, 0.5) is 0 Å². The van der Waals surface area contributed by atoms with E-state index in [9.17, 15) is 9.59 Å². The lowest BCUT2D eigenvalue weighted by Crippen LogP contribution is -2.47. The Hall–Kier alpha value is -2.67. The van der Waals surface area contributed by atoms with Gasteiger partial charge in [-0.15, -0.1) is 0 Å². The minimum Gasteiger partial charge on any atom is -0.360 e. The Morgan fingerprint density at radius 2 is 1.88 bits per heavy atom. The summed E-state index contributed by atoms with van der Waals surface area (Å²) < 4.78 is 5.45. The molecule has 0 radical (unpaired) electrons. The van der Waals surface area contributed by atoms with Gasteiger partial charge in [-0.3, -0.25) is 9.59 Å². The fourth-order valence-corrected chi connectivity index (χ4v) is 4.55. The van der Waals surface area contributed by atoms with Crippen molar-refractivity contribution in [3.05, 3.63) is 53.4 Å². The highest BCUT2D eigenvalue weighted by Crippen LogP contribution is 2.40. The highest BCUT2D eigenvalue weighted by Gasteiger charge is 2.33. The summed E-state index contributed by atoms with van der Waals surface area (Å²) in [6, 6.07) is 12.2. The molecule has 1 aromatic carbocycles. The summed E-state index contributed by atoms with van der Waals surface area (Å²) in [7, 11) is 0. The first-order chi connectivity index (χ1) is 15.5. The van der Waals surface area contributed by atoms with Crippen LogP contribution in [0.2, 0.25) is 0 Å². The molecule has 172 valence electrons. The molecule has 0 bridgehead atoms. The second-order valence-corrected chi connectivity index (χ2v) is 9.38. The van der Waals surface area contributed by atoms with Crippen LogP contribution in [0.1, 0.15) is 79.6 Å². The van der Waals surface area contributed by atoms with Crippen LogP contribution in [0.15, 0.2) is 40.9 Å². The molecule has 2 amide bonds. The summed E-state index contributed by atoms with van der Waals surface area (Å²) in [6.45, 7) is 2.48. The minimum atomic E-state index is -0.138. The maximum atomic E-state index is 13.4. The van der Waals surface area contributed by atoms with Gasteiger partial charge in [0.2, 0.25) is 5.91 Å². The minimum absolute atomic E-state index is 0.00987. The standard InChI is InChI=1S/C25H34N4O3/c1-17(26)15-24(30)27-20-9-11-21(12-10-20)29(14-13-18-5-3-2-4-6-18)25(31)22-16-23(32-28-22)19-7-8-19/h2-6,16-17,19-21H,7-15,26H2,1H3,(H,27,30)/t17-,20?,21?/m0/s1. The molecule has 0 saturated heterocycles. The number of rotatable bonds is 9. The van der Waals surface area contributed by atoms with Crippen LogP contribution in [0.5, 0.6) is 0 Å². The normalized spacial score (nSPS) is 21.7. The van der Waals surface area contributed by atoms with Crippen molar-refractivity contribution in [2.45, 2.75) is 82.3 Å². The zero-order chi connectivity index (χ0) is 22.5. The van der Waals surface area contributed by atoms with Gasteiger partial charge in [0.1, 0.15) is 5.76 Å². The topological polar surface area (TPSA) is 101 Å². The Labute approximate surface area is 189 Å². The van der Waals surface area contributed by atoms with Crippen molar-refractivity contribution in [2.75, 3.05) is 6.54 Å². The van der Waals surface area contributed by atoms with Crippen molar-refractivity contribution >= 4 is 11.8 Å². The molecule has 2 aromatic rings. The number of nitrogens with zero attached hydrogens (tertiary/aromatic N) is 2. The predicted octanol–water partition coefficient (Wildman–Crippen LogP) is 3.40. The second kappa shape index (κ2) is 10.3. The Morgan fingerprint density at radius 1 is 1.16 bits per heavy atom. The van der Waals surface area contributed by atoms with Gasteiger partial charge < -0.3 is 20.5 Å².